The van der Waals surface area contributed by atoms with Crippen LogP contribution in [0.1, 0.15) is 38.1 Å². The van der Waals surface area contributed by atoms with Crippen molar-refractivity contribution < 1.29 is 13.2 Å². The molecule has 1 fully saturated rings. The molecule has 4 nitrogen and oxygen atoms in total. The molecule has 0 saturated carbocycles. The van der Waals surface area contributed by atoms with Gasteiger partial charge in [0, 0.05) is 30.9 Å². The summed E-state index contributed by atoms with van der Waals surface area (Å²) in [6.45, 7) is 7.71. The van der Waals surface area contributed by atoms with E-state index in [-0.39, 0.29) is 12.0 Å². The van der Waals surface area contributed by atoms with Crippen LogP contribution in [0.5, 0.6) is 0 Å². The van der Waals surface area contributed by atoms with E-state index in [9.17, 15) is 13.2 Å². The third-order valence-corrected chi connectivity index (χ3v) is 3.74. The SMILES string of the molecule is Cc1cc(C(F)(F)F)nc(NC2CCN(C(C)C)CC2)n1. The minimum Gasteiger partial charge on any atom is -0.351 e. The largest absolute Gasteiger partial charge is 0.433 e. The highest BCUT2D eigenvalue weighted by Crippen LogP contribution is 2.28. The fourth-order valence-electron chi connectivity index (χ4n) is 2.52. The van der Waals surface area contributed by atoms with E-state index in [1.54, 1.807) is 6.92 Å². The number of likely N-dealkylation sites (tertiary alicyclic amines) is 1. The van der Waals surface area contributed by atoms with Crippen LogP contribution >= 0.6 is 0 Å². The van der Waals surface area contributed by atoms with Crippen molar-refractivity contribution in [1.82, 2.24) is 14.9 Å². The van der Waals surface area contributed by atoms with E-state index >= 15 is 0 Å². The predicted molar refractivity (Wildman–Crippen MR) is 75.1 cm³/mol. The maximum atomic E-state index is 12.7. The highest BCUT2D eigenvalue weighted by molar-refractivity contribution is 5.30. The molecule has 1 aromatic heterocycles. The van der Waals surface area contributed by atoms with E-state index in [4.69, 9.17) is 0 Å². The molecule has 0 aromatic carbocycles. The molecule has 118 valence electrons. The Hall–Kier alpha value is -1.37. The van der Waals surface area contributed by atoms with Crippen LogP contribution in [0.25, 0.3) is 0 Å². The number of nitrogens with zero attached hydrogens (tertiary/aromatic N) is 3. The Morgan fingerprint density at radius 1 is 1.24 bits per heavy atom. The molecule has 1 N–H and O–H groups in total. The summed E-state index contributed by atoms with van der Waals surface area (Å²) in [7, 11) is 0. The zero-order chi connectivity index (χ0) is 15.6. The van der Waals surface area contributed by atoms with Crippen LogP contribution < -0.4 is 5.32 Å². The van der Waals surface area contributed by atoms with E-state index in [0.29, 0.717) is 11.7 Å². The van der Waals surface area contributed by atoms with Crippen molar-refractivity contribution >= 4 is 5.95 Å². The smallest absolute Gasteiger partial charge is 0.351 e. The number of halogens is 3. The second-order valence-electron chi connectivity index (χ2n) is 5.76. The minimum atomic E-state index is -4.44. The van der Waals surface area contributed by atoms with Gasteiger partial charge in [-0.2, -0.15) is 13.2 Å². The zero-order valence-corrected chi connectivity index (χ0v) is 12.5. The molecule has 0 amide bonds. The van der Waals surface area contributed by atoms with Crippen molar-refractivity contribution in [3.05, 3.63) is 17.5 Å². The molecular formula is C14H21F3N4. The average molecular weight is 302 g/mol. The number of piperidine rings is 1. The van der Waals surface area contributed by atoms with Crippen LogP contribution in [0, 0.1) is 6.92 Å². The Kier molecular flexibility index (Phi) is 4.70. The number of aromatic nitrogens is 2. The normalized spacial score (nSPS) is 18.2. The van der Waals surface area contributed by atoms with E-state index in [1.165, 1.54) is 0 Å². The number of alkyl halides is 3. The third kappa shape index (κ3) is 4.30. The highest BCUT2D eigenvalue weighted by Gasteiger charge is 2.33. The van der Waals surface area contributed by atoms with E-state index in [0.717, 1.165) is 32.0 Å². The van der Waals surface area contributed by atoms with Crippen LogP contribution in [0.3, 0.4) is 0 Å². The lowest BCUT2D eigenvalue weighted by atomic mass is 10.0. The first kappa shape index (κ1) is 16.0. The summed E-state index contributed by atoms with van der Waals surface area (Å²) in [5.41, 5.74) is -0.573. The first-order chi connectivity index (χ1) is 9.75. The summed E-state index contributed by atoms with van der Waals surface area (Å²) in [5, 5.41) is 3.04. The number of aryl methyl sites for hydroxylation is 1. The summed E-state index contributed by atoms with van der Waals surface area (Å²) in [4.78, 5) is 10.0. The summed E-state index contributed by atoms with van der Waals surface area (Å²) in [5.74, 6) is 0.0744. The van der Waals surface area contributed by atoms with Crippen molar-refractivity contribution in [2.24, 2.45) is 0 Å². The lowest BCUT2D eigenvalue weighted by molar-refractivity contribution is -0.141. The van der Waals surface area contributed by atoms with Crippen molar-refractivity contribution in [2.45, 2.75) is 51.9 Å². The minimum absolute atomic E-state index is 0.0744. The Morgan fingerprint density at radius 3 is 2.38 bits per heavy atom. The molecule has 1 aliphatic heterocycles. The van der Waals surface area contributed by atoms with Gasteiger partial charge in [0.25, 0.3) is 0 Å². The first-order valence-electron chi connectivity index (χ1n) is 7.19. The van der Waals surface area contributed by atoms with Crippen LogP contribution in [0.2, 0.25) is 0 Å². The first-order valence-corrected chi connectivity index (χ1v) is 7.19. The van der Waals surface area contributed by atoms with E-state index in [2.05, 4.69) is 34.0 Å². The average Bonchev–Trinajstić information content (AvgIpc) is 2.37. The van der Waals surface area contributed by atoms with Crippen LogP contribution in [-0.4, -0.2) is 40.0 Å². The monoisotopic (exact) mass is 302 g/mol. The fourth-order valence-corrected chi connectivity index (χ4v) is 2.52. The molecular weight excluding hydrogens is 281 g/mol. The molecule has 0 bridgehead atoms. The molecule has 1 saturated heterocycles. The van der Waals surface area contributed by atoms with Gasteiger partial charge in [-0.15, -0.1) is 0 Å². The molecule has 0 unspecified atom stereocenters. The standard InChI is InChI=1S/C14H21F3N4/c1-9(2)21-6-4-11(5-7-21)19-13-18-10(3)8-12(20-13)14(15,16)17/h8-9,11H,4-7H2,1-3H3,(H,18,19,20). The quantitative estimate of drug-likeness (QED) is 0.931. The van der Waals surface area contributed by atoms with Gasteiger partial charge in [0.15, 0.2) is 0 Å². The highest BCUT2D eigenvalue weighted by atomic mass is 19.4. The number of nitrogens with one attached hydrogen (secondary N) is 1. The Balaban J connectivity index is 2.02. The molecule has 1 aliphatic rings. The lowest BCUT2D eigenvalue weighted by Gasteiger charge is -2.34. The van der Waals surface area contributed by atoms with Crippen molar-refractivity contribution in [3.63, 3.8) is 0 Å². The number of hydrogen-bond donors (Lipinski definition) is 1. The summed E-state index contributed by atoms with van der Waals surface area (Å²) >= 11 is 0. The molecule has 21 heavy (non-hydrogen) atoms. The maximum absolute atomic E-state index is 12.7. The number of hydrogen-bond acceptors (Lipinski definition) is 4. The maximum Gasteiger partial charge on any atom is 0.433 e. The molecule has 2 rings (SSSR count). The molecule has 2 heterocycles. The van der Waals surface area contributed by atoms with Gasteiger partial charge in [0.1, 0.15) is 5.69 Å². The number of anilines is 1. The second-order valence-corrected chi connectivity index (χ2v) is 5.76. The predicted octanol–water partition coefficient (Wildman–Crippen LogP) is 3.09. The van der Waals surface area contributed by atoms with Crippen LogP contribution in [0.15, 0.2) is 6.07 Å². The molecule has 0 spiro atoms. The van der Waals surface area contributed by atoms with Gasteiger partial charge in [-0.25, -0.2) is 9.97 Å². The van der Waals surface area contributed by atoms with Gasteiger partial charge in [0.05, 0.1) is 0 Å². The van der Waals surface area contributed by atoms with Crippen molar-refractivity contribution in [1.29, 1.82) is 0 Å². The molecule has 7 heteroatoms. The van der Waals surface area contributed by atoms with Crippen molar-refractivity contribution in [2.75, 3.05) is 18.4 Å². The van der Waals surface area contributed by atoms with Gasteiger partial charge < -0.3 is 10.2 Å². The summed E-state index contributed by atoms with van der Waals surface area (Å²) in [6.07, 6.45) is -2.67. The Morgan fingerprint density at radius 2 is 1.86 bits per heavy atom. The van der Waals surface area contributed by atoms with Gasteiger partial charge in [-0.1, -0.05) is 0 Å². The zero-order valence-electron chi connectivity index (χ0n) is 12.5. The number of rotatable bonds is 3. The van der Waals surface area contributed by atoms with Crippen molar-refractivity contribution in [3.8, 4) is 0 Å². The molecule has 0 radical (unpaired) electrons. The van der Waals surface area contributed by atoms with Gasteiger partial charge in [-0.05, 0) is 39.7 Å². The summed E-state index contributed by atoms with van der Waals surface area (Å²) < 4.78 is 38.2. The van der Waals surface area contributed by atoms with E-state index < -0.39 is 11.9 Å². The molecule has 0 aliphatic carbocycles. The Bertz CT molecular complexity index is 480. The fraction of sp³-hybridized carbons (Fsp3) is 0.714. The van der Waals surface area contributed by atoms with Gasteiger partial charge >= 0.3 is 6.18 Å². The van der Waals surface area contributed by atoms with Gasteiger partial charge in [0.2, 0.25) is 5.95 Å². The topological polar surface area (TPSA) is 41.1 Å². The second kappa shape index (κ2) is 6.17. The van der Waals surface area contributed by atoms with Gasteiger partial charge in [-0.3, -0.25) is 0 Å². The van der Waals surface area contributed by atoms with E-state index in [1.807, 2.05) is 0 Å². The Labute approximate surface area is 122 Å². The van der Waals surface area contributed by atoms with Crippen LogP contribution in [0.4, 0.5) is 19.1 Å². The molecule has 0 atom stereocenters. The van der Waals surface area contributed by atoms with Crippen LogP contribution in [-0.2, 0) is 6.18 Å². The lowest BCUT2D eigenvalue weighted by Crippen LogP contribution is -2.42. The third-order valence-electron chi connectivity index (χ3n) is 3.74. The summed E-state index contributed by atoms with van der Waals surface area (Å²) in [6, 6.07) is 1.59. The molecule has 1 aromatic rings.